The van der Waals surface area contributed by atoms with E-state index in [0.29, 0.717) is 18.3 Å². The highest BCUT2D eigenvalue weighted by Crippen LogP contribution is 2.24. The number of likely N-dealkylation sites (tertiary alicyclic amines) is 1. The number of amides is 2. The van der Waals surface area contributed by atoms with Gasteiger partial charge in [-0.05, 0) is 19.3 Å². The third-order valence-corrected chi connectivity index (χ3v) is 4.78. The van der Waals surface area contributed by atoms with Gasteiger partial charge in [0.2, 0.25) is 0 Å². The molecule has 0 bridgehead atoms. The van der Waals surface area contributed by atoms with Crippen molar-refractivity contribution in [2.24, 2.45) is 0 Å². The molecule has 2 amide bonds. The number of thioether (sulfide) groups is 1. The van der Waals surface area contributed by atoms with Crippen LogP contribution in [0.15, 0.2) is 0 Å². The number of nitrogens with zero attached hydrogens (tertiary/aromatic N) is 2. The van der Waals surface area contributed by atoms with Gasteiger partial charge in [0, 0.05) is 30.6 Å². The van der Waals surface area contributed by atoms with E-state index in [1.54, 1.807) is 16.7 Å². The lowest BCUT2D eigenvalue weighted by molar-refractivity contribution is -0.141. The molecule has 2 unspecified atom stereocenters. The smallest absolute Gasteiger partial charge is 0.327 e. The molecule has 1 N–H and O–H groups in total. The van der Waals surface area contributed by atoms with E-state index < -0.39 is 12.0 Å². The maximum absolute atomic E-state index is 12.5. The van der Waals surface area contributed by atoms with Gasteiger partial charge in [0.15, 0.2) is 0 Å². The van der Waals surface area contributed by atoms with E-state index in [1.807, 2.05) is 4.90 Å². The van der Waals surface area contributed by atoms with Gasteiger partial charge < -0.3 is 14.9 Å². The Labute approximate surface area is 112 Å². The topological polar surface area (TPSA) is 60.9 Å². The molecule has 2 atom stereocenters. The number of carbonyl (C=O) groups is 2. The van der Waals surface area contributed by atoms with Gasteiger partial charge in [-0.25, -0.2) is 9.59 Å². The van der Waals surface area contributed by atoms with Crippen LogP contribution in [0.25, 0.3) is 0 Å². The summed E-state index contributed by atoms with van der Waals surface area (Å²) < 4.78 is 0. The zero-order valence-corrected chi connectivity index (χ0v) is 11.5. The van der Waals surface area contributed by atoms with Crippen molar-refractivity contribution in [3.05, 3.63) is 0 Å². The number of carboxylic acid groups (broad SMARTS) is 1. The number of carbonyl (C=O) groups excluding carboxylic acids is 1. The van der Waals surface area contributed by atoms with Crippen molar-refractivity contribution in [1.82, 2.24) is 9.80 Å². The Balaban J connectivity index is 2.08. The molecule has 6 heteroatoms. The van der Waals surface area contributed by atoms with Crippen LogP contribution in [0.2, 0.25) is 0 Å². The molecule has 2 aliphatic heterocycles. The molecule has 2 aliphatic rings. The van der Waals surface area contributed by atoms with Crippen LogP contribution in [0.1, 0.15) is 26.2 Å². The van der Waals surface area contributed by atoms with E-state index in [4.69, 9.17) is 0 Å². The molecule has 0 radical (unpaired) electrons. The molecule has 0 aromatic heterocycles. The van der Waals surface area contributed by atoms with Crippen LogP contribution in [0.3, 0.4) is 0 Å². The summed E-state index contributed by atoms with van der Waals surface area (Å²) in [4.78, 5) is 27.1. The van der Waals surface area contributed by atoms with Gasteiger partial charge in [0.25, 0.3) is 0 Å². The molecule has 0 spiro atoms. The van der Waals surface area contributed by atoms with Gasteiger partial charge in [-0.15, -0.1) is 0 Å². The van der Waals surface area contributed by atoms with E-state index in [2.05, 4.69) is 6.92 Å². The van der Waals surface area contributed by atoms with Crippen LogP contribution in [-0.4, -0.2) is 63.6 Å². The first-order valence-electron chi connectivity index (χ1n) is 6.53. The number of rotatable bonds is 2. The molecular formula is C12H20N2O3S. The minimum absolute atomic E-state index is 0.0768. The van der Waals surface area contributed by atoms with Crippen LogP contribution in [-0.2, 0) is 4.79 Å². The molecule has 0 saturated carbocycles. The Bertz CT molecular complexity index is 337. The normalized spacial score (nSPS) is 28.5. The van der Waals surface area contributed by atoms with Crippen molar-refractivity contribution in [2.75, 3.05) is 24.6 Å². The zero-order valence-electron chi connectivity index (χ0n) is 10.7. The van der Waals surface area contributed by atoms with Crippen LogP contribution in [0, 0.1) is 0 Å². The SMILES string of the molecule is CCC1CCCN1C(=O)N1CCSCC1C(=O)O. The van der Waals surface area contributed by atoms with E-state index in [0.717, 1.165) is 31.6 Å². The largest absolute Gasteiger partial charge is 0.480 e. The summed E-state index contributed by atoms with van der Waals surface area (Å²) in [6.45, 7) is 3.40. The Kier molecular flexibility index (Phi) is 4.37. The molecule has 102 valence electrons. The number of hydrogen-bond donors (Lipinski definition) is 1. The van der Waals surface area contributed by atoms with Crippen LogP contribution >= 0.6 is 11.8 Å². The lowest BCUT2D eigenvalue weighted by Crippen LogP contribution is -2.55. The average Bonchev–Trinajstić information content (AvgIpc) is 2.86. The van der Waals surface area contributed by atoms with Crippen molar-refractivity contribution in [3.63, 3.8) is 0 Å². The first kappa shape index (κ1) is 13.5. The third-order valence-electron chi connectivity index (χ3n) is 3.75. The minimum atomic E-state index is -0.886. The summed E-state index contributed by atoms with van der Waals surface area (Å²) >= 11 is 1.61. The first-order valence-corrected chi connectivity index (χ1v) is 7.68. The van der Waals surface area contributed by atoms with E-state index >= 15 is 0 Å². The van der Waals surface area contributed by atoms with Crippen LogP contribution in [0.4, 0.5) is 4.79 Å². The van der Waals surface area contributed by atoms with Crippen LogP contribution < -0.4 is 0 Å². The predicted octanol–water partition coefficient (Wildman–Crippen LogP) is 1.48. The van der Waals surface area contributed by atoms with Gasteiger partial charge >= 0.3 is 12.0 Å². The molecule has 0 aromatic rings. The lowest BCUT2D eigenvalue weighted by atomic mass is 10.2. The van der Waals surface area contributed by atoms with Gasteiger partial charge in [0.1, 0.15) is 6.04 Å². The Morgan fingerprint density at radius 3 is 2.78 bits per heavy atom. The molecule has 2 rings (SSSR count). The van der Waals surface area contributed by atoms with Gasteiger partial charge in [-0.3, -0.25) is 0 Å². The van der Waals surface area contributed by atoms with Crippen LogP contribution in [0.5, 0.6) is 0 Å². The monoisotopic (exact) mass is 272 g/mol. The lowest BCUT2D eigenvalue weighted by Gasteiger charge is -2.37. The summed E-state index contributed by atoms with van der Waals surface area (Å²) in [5, 5.41) is 9.20. The third kappa shape index (κ3) is 2.58. The molecule has 0 aliphatic carbocycles. The van der Waals surface area contributed by atoms with Crippen molar-refractivity contribution in [3.8, 4) is 0 Å². The zero-order chi connectivity index (χ0) is 13.1. The maximum atomic E-state index is 12.5. The Hall–Kier alpha value is -0.910. The average molecular weight is 272 g/mol. The van der Waals surface area contributed by atoms with Gasteiger partial charge in [-0.2, -0.15) is 11.8 Å². The summed E-state index contributed by atoms with van der Waals surface area (Å²) in [5.74, 6) is 0.453. The molecule has 2 fully saturated rings. The van der Waals surface area contributed by atoms with Gasteiger partial charge in [-0.1, -0.05) is 6.92 Å². The molecular weight excluding hydrogens is 252 g/mol. The highest BCUT2D eigenvalue weighted by atomic mass is 32.2. The molecule has 5 nitrogen and oxygen atoms in total. The standard InChI is InChI=1S/C12H20N2O3S/c1-2-9-4-3-5-13(9)12(17)14-6-7-18-8-10(14)11(15)16/h9-10H,2-8H2,1H3,(H,15,16). The number of urea groups is 1. The molecule has 0 aromatic carbocycles. The fraction of sp³-hybridized carbons (Fsp3) is 0.833. The fourth-order valence-corrected chi connectivity index (χ4v) is 3.75. The summed E-state index contributed by atoms with van der Waals surface area (Å²) in [6.07, 6.45) is 3.03. The van der Waals surface area contributed by atoms with E-state index in [1.165, 1.54) is 0 Å². The Morgan fingerprint density at radius 2 is 2.11 bits per heavy atom. The van der Waals surface area contributed by atoms with Crippen molar-refractivity contribution in [1.29, 1.82) is 0 Å². The maximum Gasteiger partial charge on any atom is 0.327 e. The Morgan fingerprint density at radius 1 is 1.33 bits per heavy atom. The number of aliphatic carboxylic acids is 1. The van der Waals surface area contributed by atoms with Crippen molar-refractivity contribution in [2.45, 2.75) is 38.3 Å². The highest BCUT2D eigenvalue weighted by molar-refractivity contribution is 7.99. The second-order valence-corrected chi connectivity index (χ2v) is 5.95. The summed E-state index contributed by atoms with van der Waals surface area (Å²) in [7, 11) is 0. The van der Waals surface area contributed by atoms with E-state index in [-0.39, 0.29) is 6.03 Å². The molecule has 2 heterocycles. The second kappa shape index (κ2) is 5.82. The number of carboxylic acids is 1. The fourth-order valence-electron chi connectivity index (χ4n) is 2.71. The summed E-state index contributed by atoms with van der Waals surface area (Å²) in [5.41, 5.74) is 0. The quantitative estimate of drug-likeness (QED) is 0.827. The predicted molar refractivity (Wildman–Crippen MR) is 70.9 cm³/mol. The summed E-state index contributed by atoms with van der Waals surface area (Å²) in [6, 6.07) is -0.442. The molecule has 2 saturated heterocycles. The number of hydrogen-bond acceptors (Lipinski definition) is 3. The second-order valence-electron chi connectivity index (χ2n) is 4.80. The molecule has 18 heavy (non-hydrogen) atoms. The highest BCUT2D eigenvalue weighted by Gasteiger charge is 2.37. The van der Waals surface area contributed by atoms with Gasteiger partial charge in [0.05, 0.1) is 0 Å². The van der Waals surface area contributed by atoms with Crippen molar-refractivity contribution < 1.29 is 14.7 Å². The minimum Gasteiger partial charge on any atom is -0.480 e. The first-order chi connectivity index (χ1) is 8.65. The van der Waals surface area contributed by atoms with E-state index in [9.17, 15) is 14.7 Å². The van der Waals surface area contributed by atoms with Crippen molar-refractivity contribution >= 4 is 23.8 Å².